The lowest BCUT2D eigenvalue weighted by molar-refractivity contribution is 0.967. The molecule has 21 heavy (non-hydrogen) atoms. The molecule has 0 amide bonds. The van der Waals surface area contributed by atoms with Crippen LogP contribution in [0.4, 0.5) is 0 Å². The van der Waals surface area contributed by atoms with E-state index in [0.29, 0.717) is 0 Å². The third kappa shape index (κ3) is 2.30. The number of nitriles is 1. The summed E-state index contributed by atoms with van der Waals surface area (Å²) >= 11 is 1.59. The van der Waals surface area contributed by atoms with Gasteiger partial charge in [-0.2, -0.15) is 5.10 Å². The first-order chi connectivity index (χ1) is 10.3. The van der Waals surface area contributed by atoms with Crippen molar-refractivity contribution in [2.24, 2.45) is 0 Å². The predicted octanol–water partition coefficient (Wildman–Crippen LogP) is 2.72. The van der Waals surface area contributed by atoms with Crippen LogP contribution in [0.5, 0.6) is 0 Å². The van der Waals surface area contributed by atoms with Gasteiger partial charge in [0.25, 0.3) is 6.71 Å². The highest BCUT2D eigenvalue weighted by molar-refractivity contribution is 7.97. The van der Waals surface area contributed by atoms with Gasteiger partial charge in [-0.1, -0.05) is 6.07 Å². The Balaban J connectivity index is 1.60. The second kappa shape index (κ2) is 4.94. The molecule has 0 saturated heterocycles. The van der Waals surface area contributed by atoms with Gasteiger partial charge < -0.3 is 0 Å². The van der Waals surface area contributed by atoms with Crippen LogP contribution in [0.1, 0.15) is 11.3 Å². The van der Waals surface area contributed by atoms with Crippen molar-refractivity contribution in [1.82, 2.24) is 14.2 Å². The highest BCUT2D eigenvalue weighted by Gasteiger charge is 2.28. The van der Waals surface area contributed by atoms with Crippen LogP contribution >= 0.6 is 11.9 Å². The second-order valence-corrected chi connectivity index (χ2v) is 6.22. The summed E-state index contributed by atoms with van der Waals surface area (Å²) in [6, 6.07) is 10.2. The summed E-state index contributed by atoms with van der Waals surface area (Å²) in [5.74, 6) is 2.32. The minimum atomic E-state index is 0.105. The highest BCUT2D eigenvalue weighted by Crippen LogP contribution is 2.27. The summed E-state index contributed by atoms with van der Waals surface area (Å²) in [5, 5.41) is 14.7. The van der Waals surface area contributed by atoms with Crippen LogP contribution in [0, 0.1) is 11.2 Å². The van der Waals surface area contributed by atoms with E-state index in [1.54, 1.807) is 18.1 Å². The Morgan fingerprint density at radius 2 is 2.24 bits per heavy atom. The third-order valence-corrected chi connectivity index (χ3v) is 4.56. The molecule has 1 aliphatic rings. The van der Waals surface area contributed by atoms with Crippen molar-refractivity contribution >= 4 is 29.6 Å². The molecule has 0 N–H and O–H groups in total. The summed E-state index contributed by atoms with van der Waals surface area (Å²) in [7, 11) is 0. The fraction of sp³-hybridized carbons (Fsp3) is 0.133. The number of benzene rings is 1. The first-order valence-corrected chi connectivity index (χ1v) is 7.59. The zero-order chi connectivity index (χ0) is 14.2. The van der Waals surface area contributed by atoms with Crippen LogP contribution in [0.2, 0.25) is 0 Å². The largest absolute Gasteiger partial charge is 0.278 e. The first-order valence-electron chi connectivity index (χ1n) is 6.82. The van der Waals surface area contributed by atoms with E-state index in [1.807, 2.05) is 22.4 Å². The number of hydrogen-bond donors (Lipinski definition) is 0. The lowest BCUT2D eigenvalue weighted by Gasteiger charge is -2.03. The number of rotatable bonds is 2. The summed E-state index contributed by atoms with van der Waals surface area (Å²) < 4.78 is 1.90. The minimum absolute atomic E-state index is 0.105. The van der Waals surface area contributed by atoms with Crippen LogP contribution in [0.15, 0.2) is 47.6 Å². The van der Waals surface area contributed by atoms with Gasteiger partial charge in [0.1, 0.15) is 0 Å². The lowest BCUT2D eigenvalue weighted by Crippen LogP contribution is -2.11. The Bertz CT molecular complexity index is 844. The molecule has 0 radical (unpaired) electrons. The minimum Gasteiger partial charge on any atom is -0.256 e. The van der Waals surface area contributed by atoms with Crippen LogP contribution < -0.4 is 0 Å². The van der Waals surface area contributed by atoms with Crippen molar-refractivity contribution in [3.63, 3.8) is 0 Å². The van der Waals surface area contributed by atoms with Crippen molar-refractivity contribution in [2.45, 2.75) is 17.5 Å². The van der Waals surface area contributed by atoms with E-state index < -0.39 is 0 Å². The Hall–Kier alpha value is -2.26. The summed E-state index contributed by atoms with van der Waals surface area (Å²) in [6.07, 6.45) is 5.46. The Labute approximate surface area is 127 Å². The van der Waals surface area contributed by atoms with Gasteiger partial charge >= 0.3 is 0 Å². The molecule has 0 atom stereocenters. The van der Waals surface area contributed by atoms with Crippen LogP contribution in [-0.2, 0) is 12.6 Å². The molecular formula is C15H11BN4S. The Morgan fingerprint density at radius 1 is 1.29 bits per heavy atom. The lowest BCUT2D eigenvalue weighted by atomic mass is 9.49. The van der Waals surface area contributed by atoms with Crippen LogP contribution in [-0.4, -0.2) is 20.9 Å². The van der Waals surface area contributed by atoms with E-state index in [1.165, 1.54) is 5.56 Å². The molecule has 1 aromatic carbocycles. The molecule has 0 spiro atoms. The van der Waals surface area contributed by atoms with Gasteiger partial charge in [-0.25, -0.2) is 9.35 Å². The maximum absolute atomic E-state index is 8.97. The average molecular weight is 290 g/mol. The maximum atomic E-state index is 8.97. The number of nitrogens with zero attached hydrogens (tertiary/aromatic N) is 4. The molecule has 3 heterocycles. The number of aromatic nitrogens is 3. The smallest absolute Gasteiger partial charge is 0.256 e. The topological polar surface area (TPSA) is 54.5 Å². The Morgan fingerprint density at radius 3 is 3.10 bits per heavy atom. The van der Waals surface area contributed by atoms with Gasteiger partial charge in [0.05, 0.1) is 11.2 Å². The van der Waals surface area contributed by atoms with Crippen LogP contribution in [0.25, 0.3) is 10.9 Å². The van der Waals surface area contributed by atoms with Gasteiger partial charge in [0, 0.05) is 40.6 Å². The summed E-state index contributed by atoms with van der Waals surface area (Å²) in [4.78, 5) is 5.46. The maximum Gasteiger partial charge on any atom is 0.278 e. The van der Waals surface area contributed by atoms with Gasteiger partial charge in [-0.3, -0.25) is 4.98 Å². The quantitative estimate of drug-likeness (QED) is 0.681. The molecule has 4 nitrogen and oxygen atoms in total. The molecule has 0 aliphatic carbocycles. The number of fused-ring (bicyclic) bond motifs is 2. The van der Waals surface area contributed by atoms with E-state index >= 15 is 0 Å². The monoisotopic (exact) mass is 290 g/mol. The Kier molecular flexibility index (Phi) is 2.93. The van der Waals surface area contributed by atoms with Crippen molar-refractivity contribution in [3.8, 4) is 5.97 Å². The van der Waals surface area contributed by atoms with E-state index in [-0.39, 0.29) is 6.71 Å². The molecular weight excluding hydrogens is 279 g/mol. The fourth-order valence-corrected chi connectivity index (χ4v) is 3.53. The molecule has 0 bridgehead atoms. The molecule has 6 heteroatoms. The fourth-order valence-electron chi connectivity index (χ4n) is 2.69. The highest BCUT2D eigenvalue weighted by atomic mass is 32.2. The van der Waals surface area contributed by atoms with E-state index in [2.05, 4.69) is 34.3 Å². The van der Waals surface area contributed by atoms with Crippen molar-refractivity contribution in [3.05, 3.63) is 54.0 Å². The SMILES string of the molecule is N#CB1Cc2cn(Sc3ccc4ncccc4c3)nc2C1. The van der Waals surface area contributed by atoms with E-state index in [0.717, 1.165) is 34.1 Å². The third-order valence-electron chi connectivity index (χ3n) is 3.72. The molecule has 100 valence electrons. The molecule has 0 saturated carbocycles. The average Bonchev–Trinajstić information content (AvgIpc) is 3.05. The molecule has 0 unspecified atom stereocenters. The van der Waals surface area contributed by atoms with Crippen molar-refractivity contribution < 1.29 is 0 Å². The standard InChI is InChI=1S/C15H11BN4S/c17-10-16-7-12-9-20(19-15(12)8-16)21-13-3-4-14-11(6-13)2-1-5-18-14/h1-6,9H,7-8H2. The zero-order valence-electron chi connectivity index (χ0n) is 11.2. The van der Waals surface area contributed by atoms with Crippen molar-refractivity contribution in [2.75, 3.05) is 0 Å². The molecule has 3 aromatic rings. The second-order valence-electron chi connectivity index (χ2n) is 5.19. The predicted molar refractivity (Wildman–Crippen MR) is 84.0 cm³/mol. The number of hydrogen-bond acceptors (Lipinski definition) is 4. The van der Waals surface area contributed by atoms with Gasteiger partial charge in [0.2, 0.25) is 0 Å². The first kappa shape index (κ1) is 12.5. The van der Waals surface area contributed by atoms with E-state index in [4.69, 9.17) is 5.26 Å². The van der Waals surface area contributed by atoms with Gasteiger partial charge in [-0.05, 0) is 42.5 Å². The molecule has 1 aliphatic heterocycles. The summed E-state index contributed by atoms with van der Waals surface area (Å²) in [5.41, 5.74) is 3.27. The van der Waals surface area contributed by atoms with Crippen molar-refractivity contribution in [1.29, 1.82) is 5.26 Å². The summed E-state index contributed by atoms with van der Waals surface area (Å²) in [6.45, 7) is 0.105. The normalized spacial score (nSPS) is 13.4. The molecule has 2 aromatic heterocycles. The van der Waals surface area contributed by atoms with Gasteiger partial charge in [-0.15, -0.1) is 0 Å². The van der Waals surface area contributed by atoms with Crippen LogP contribution in [0.3, 0.4) is 0 Å². The number of pyridine rings is 1. The molecule has 4 rings (SSSR count). The zero-order valence-corrected chi connectivity index (χ0v) is 12.0. The molecule has 0 fully saturated rings. The van der Waals surface area contributed by atoms with Gasteiger partial charge in [0.15, 0.2) is 0 Å². The van der Waals surface area contributed by atoms with E-state index in [9.17, 15) is 0 Å².